The fraction of sp³-hybridized carbons (Fsp3) is 0.833. The van der Waals surface area contributed by atoms with Crippen LogP contribution in [0.5, 0.6) is 0 Å². The first-order valence-electron chi connectivity index (χ1n) is 5.83. The lowest BCUT2D eigenvalue weighted by atomic mass is 10.2. The third-order valence-electron chi connectivity index (χ3n) is 2.45. The van der Waals surface area contributed by atoms with E-state index >= 15 is 0 Å². The van der Waals surface area contributed by atoms with Gasteiger partial charge in [0.25, 0.3) is 0 Å². The molecular weight excluding hydrogens is 202 g/mol. The Bertz CT molecular complexity index is 255. The second kappa shape index (κ2) is 7.24. The molecule has 1 amide bonds. The summed E-state index contributed by atoms with van der Waals surface area (Å²) in [5, 5.41) is 11.5. The van der Waals surface area contributed by atoms with Gasteiger partial charge in [-0.3, -0.25) is 9.69 Å². The number of rotatable bonds is 6. The first kappa shape index (κ1) is 14.9. The lowest BCUT2D eigenvalue weighted by molar-refractivity contribution is -0.127. The molecule has 1 atom stereocenters. The predicted octanol–water partition coefficient (Wildman–Crippen LogP) is 1.52. The first-order valence-corrected chi connectivity index (χ1v) is 5.83. The van der Waals surface area contributed by atoms with Gasteiger partial charge in [-0.1, -0.05) is 0 Å². The molecule has 16 heavy (non-hydrogen) atoms. The van der Waals surface area contributed by atoms with Crippen molar-refractivity contribution < 1.29 is 4.79 Å². The Labute approximate surface area is 98.6 Å². The Balaban J connectivity index is 4.42. The van der Waals surface area contributed by atoms with Crippen LogP contribution in [0.4, 0.5) is 0 Å². The van der Waals surface area contributed by atoms with E-state index < -0.39 is 0 Å². The Morgan fingerprint density at radius 3 is 2.25 bits per heavy atom. The molecule has 4 heteroatoms. The molecule has 0 radical (unpaired) electrons. The highest BCUT2D eigenvalue weighted by Crippen LogP contribution is 2.06. The van der Waals surface area contributed by atoms with Gasteiger partial charge in [-0.2, -0.15) is 5.26 Å². The van der Waals surface area contributed by atoms with Gasteiger partial charge in [-0.15, -0.1) is 0 Å². The second-order valence-corrected chi connectivity index (χ2v) is 4.58. The van der Waals surface area contributed by atoms with Gasteiger partial charge < -0.3 is 5.32 Å². The molecule has 0 saturated heterocycles. The zero-order chi connectivity index (χ0) is 12.7. The molecule has 4 nitrogen and oxygen atoms in total. The maximum atomic E-state index is 11.8. The largest absolute Gasteiger partial charge is 0.353 e. The van der Waals surface area contributed by atoms with Gasteiger partial charge in [0.2, 0.25) is 5.91 Å². The number of amides is 1. The number of hydrogen-bond acceptors (Lipinski definition) is 3. The van der Waals surface area contributed by atoms with E-state index in [2.05, 4.69) is 11.4 Å². The van der Waals surface area contributed by atoms with Crippen LogP contribution in [0.1, 0.15) is 41.0 Å². The van der Waals surface area contributed by atoms with Crippen LogP contribution in [-0.2, 0) is 4.79 Å². The molecule has 0 aromatic carbocycles. The molecule has 0 aliphatic carbocycles. The van der Waals surface area contributed by atoms with Crippen molar-refractivity contribution in [2.75, 3.05) is 6.54 Å². The lowest BCUT2D eigenvalue weighted by Crippen LogP contribution is -2.49. The first-order chi connectivity index (χ1) is 7.40. The summed E-state index contributed by atoms with van der Waals surface area (Å²) in [6, 6.07) is 2.35. The Hall–Kier alpha value is -1.08. The van der Waals surface area contributed by atoms with Gasteiger partial charge >= 0.3 is 0 Å². The number of nitrogens with one attached hydrogen (secondary N) is 1. The van der Waals surface area contributed by atoms with Gasteiger partial charge in [0, 0.05) is 25.0 Å². The van der Waals surface area contributed by atoms with Crippen LogP contribution < -0.4 is 5.32 Å². The molecule has 0 aliphatic heterocycles. The van der Waals surface area contributed by atoms with Crippen LogP contribution in [0.2, 0.25) is 0 Å². The van der Waals surface area contributed by atoms with E-state index in [-0.39, 0.29) is 24.0 Å². The highest BCUT2D eigenvalue weighted by molar-refractivity contribution is 5.81. The zero-order valence-corrected chi connectivity index (χ0v) is 10.9. The molecule has 1 N–H and O–H groups in total. The SMILES string of the molecule is CC(C)NC(=O)C(C)N(CCC#N)C(C)C. The van der Waals surface area contributed by atoms with Crippen molar-refractivity contribution in [2.45, 2.75) is 59.2 Å². The van der Waals surface area contributed by atoms with E-state index in [1.165, 1.54) is 0 Å². The summed E-state index contributed by atoms with van der Waals surface area (Å²) in [4.78, 5) is 13.9. The minimum Gasteiger partial charge on any atom is -0.353 e. The Kier molecular flexibility index (Phi) is 6.75. The average Bonchev–Trinajstić information content (AvgIpc) is 2.16. The van der Waals surface area contributed by atoms with Crippen molar-refractivity contribution in [1.29, 1.82) is 5.26 Å². The molecule has 0 aliphatic rings. The number of carbonyl (C=O) groups excluding carboxylic acids is 1. The molecular formula is C12H23N3O. The molecule has 0 aromatic rings. The molecule has 0 rings (SSSR count). The monoisotopic (exact) mass is 225 g/mol. The van der Waals surface area contributed by atoms with Crippen LogP contribution in [-0.4, -0.2) is 35.5 Å². The Morgan fingerprint density at radius 1 is 1.31 bits per heavy atom. The lowest BCUT2D eigenvalue weighted by Gasteiger charge is -2.31. The van der Waals surface area contributed by atoms with Gasteiger partial charge in [-0.25, -0.2) is 0 Å². The quantitative estimate of drug-likeness (QED) is 0.745. The molecule has 0 aromatic heterocycles. The topological polar surface area (TPSA) is 56.1 Å². The van der Waals surface area contributed by atoms with E-state index in [1.54, 1.807) is 0 Å². The summed E-state index contributed by atoms with van der Waals surface area (Å²) in [5.41, 5.74) is 0. The van der Waals surface area contributed by atoms with E-state index in [1.807, 2.05) is 39.5 Å². The zero-order valence-electron chi connectivity index (χ0n) is 10.9. The number of nitrogens with zero attached hydrogens (tertiary/aromatic N) is 2. The number of nitriles is 1. The van der Waals surface area contributed by atoms with Crippen molar-refractivity contribution in [2.24, 2.45) is 0 Å². The van der Waals surface area contributed by atoms with Crippen LogP contribution >= 0.6 is 0 Å². The average molecular weight is 225 g/mol. The molecule has 0 spiro atoms. The van der Waals surface area contributed by atoms with Crippen molar-refractivity contribution >= 4 is 5.91 Å². The number of carbonyl (C=O) groups is 1. The van der Waals surface area contributed by atoms with Gasteiger partial charge in [0.15, 0.2) is 0 Å². The molecule has 0 fully saturated rings. The van der Waals surface area contributed by atoms with E-state index in [0.717, 1.165) is 0 Å². The Morgan fingerprint density at radius 2 is 1.88 bits per heavy atom. The molecule has 92 valence electrons. The normalized spacial score (nSPS) is 12.9. The van der Waals surface area contributed by atoms with Crippen LogP contribution in [0.3, 0.4) is 0 Å². The van der Waals surface area contributed by atoms with Crippen molar-refractivity contribution in [1.82, 2.24) is 10.2 Å². The molecule has 1 unspecified atom stereocenters. The number of hydrogen-bond donors (Lipinski definition) is 1. The smallest absolute Gasteiger partial charge is 0.237 e. The fourth-order valence-electron chi connectivity index (χ4n) is 1.63. The predicted molar refractivity (Wildman–Crippen MR) is 64.8 cm³/mol. The van der Waals surface area contributed by atoms with Gasteiger partial charge in [0.05, 0.1) is 12.1 Å². The maximum Gasteiger partial charge on any atom is 0.237 e. The molecule has 0 heterocycles. The maximum absolute atomic E-state index is 11.8. The summed E-state index contributed by atoms with van der Waals surface area (Å²) in [6.45, 7) is 10.5. The highest BCUT2D eigenvalue weighted by Gasteiger charge is 2.23. The summed E-state index contributed by atoms with van der Waals surface area (Å²) in [6.07, 6.45) is 0.456. The van der Waals surface area contributed by atoms with Crippen LogP contribution in [0, 0.1) is 11.3 Å². The molecule has 0 bridgehead atoms. The summed E-state index contributed by atoms with van der Waals surface area (Å²) in [5.74, 6) is 0.0293. The molecule has 0 saturated carbocycles. The van der Waals surface area contributed by atoms with E-state index in [0.29, 0.717) is 13.0 Å². The fourth-order valence-corrected chi connectivity index (χ4v) is 1.63. The van der Waals surface area contributed by atoms with Crippen molar-refractivity contribution in [3.05, 3.63) is 0 Å². The van der Waals surface area contributed by atoms with Gasteiger partial charge in [0.1, 0.15) is 0 Å². The van der Waals surface area contributed by atoms with Gasteiger partial charge in [-0.05, 0) is 34.6 Å². The van der Waals surface area contributed by atoms with Crippen LogP contribution in [0.25, 0.3) is 0 Å². The highest BCUT2D eigenvalue weighted by atomic mass is 16.2. The van der Waals surface area contributed by atoms with E-state index in [9.17, 15) is 4.79 Å². The third-order valence-corrected chi connectivity index (χ3v) is 2.45. The second-order valence-electron chi connectivity index (χ2n) is 4.58. The van der Waals surface area contributed by atoms with E-state index in [4.69, 9.17) is 5.26 Å². The third kappa shape index (κ3) is 5.13. The minimum atomic E-state index is -0.184. The van der Waals surface area contributed by atoms with Crippen molar-refractivity contribution in [3.8, 4) is 6.07 Å². The standard InChI is InChI=1S/C12H23N3O/c1-9(2)14-12(16)11(5)15(10(3)4)8-6-7-13/h9-11H,6,8H2,1-5H3,(H,14,16). The summed E-state index contributed by atoms with van der Waals surface area (Å²) < 4.78 is 0. The van der Waals surface area contributed by atoms with Crippen LogP contribution in [0.15, 0.2) is 0 Å². The summed E-state index contributed by atoms with van der Waals surface area (Å²) in [7, 11) is 0. The van der Waals surface area contributed by atoms with Crippen molar-refractivity contribution in [3.63, 3.8) is 0 Å². The summed E-state index contributed by atoms with van der Waals surface area (Å²) >= 11 is 0. The minimum absolute atomic E-state index is 0.0293.